The first-order chi connectivity index (χ1) is 8.49. The summed E-state index contributed by atoms with van der Waals surface area (Å²) < 4.78 is 42.8. The highest BCUT2D eigenvalue weighted by Gasteiger charge is 2.41. The zero-order valence-electron chi connectivity index (χ0n) is 11.5. The number of hydrogen-bond acceptors (Lipinski definition) is 3. The molecule has 2 unspecified atom stereocenters. The van der Waals surface area contributed by atoms with Crippen molar-refractivity contribution in [2.24, 2.45) is 5.73 Å². The third-order valence-corrected chi connectivity index (χ3v) is 2.91. The van der Waals surface area contributed by atoms with Gasteiger partial charge in [-0.25, -0.2) is 4.79 Å². The minimum atomic E-state index is -4.46. The predicted molar refractivity (Wildman–Crippen MR) is 64.6 cm³/mol. The van der Waals surface area contributed by atoms with Gasteiger partial charge in [-0.15, -0.1) is 0 Å². The van der Waals surface area contributed by atoms with E-state index in [0.29, 0.717) is 12.8 Å². The van der Waals surface area contributed by atoms with Crippen LogP contribution < -0.4 is 5.73 Å². The summed E-state index contributed by atoms with van der Waals surface area (Å²) in [5.41, 5.74) is 4.95. The Morgan fingerprint density at radius 3 is 2.26 bits per heavy atom. The molecule has 0 saturated heterocycles. The molecule has 0 bridgehead atoms. The van der Waals surface area contributed by atoms with Gasteiger partial charge in [-0.05, 0) is 40.0 Å². The van der Waals surface area contributed by atoms with Gasteiger partial charge in [0.25, 0.3) is 0 Å². The zero-order chi connectivity index (χ0) is 14.8. The largest absolute Gasteiger partial charge is 0.444 e. The maximum atomic E-state index is 12.6. The average Bonchev–Trinajstić information content (AvgIpc) is 2.56. The number of carbonyl (C=O) groups is 1. The fraction of sp³-hybridized carbons (Fsp3) is 0.917. The van der Waals surface area contributed by atoms with Crippen LogP contribution in [0.1, 0.15) is 40.0 Å². The molecule has 0 aliphatic heterocycles. The van der Waals surface area contributed by atoms with Gasteiger partial charge < -0.3 is 10.5 Å². The molecule has 2 atom stereocenters. The van der Waals surface area contributed by atoms with Crippen LogP contribution in [0.4, 0.5) is 18.0 Å². The standard InChI is InChI=1S/C12H21F3N2O2/c1-11(2,3)19-10(18)17(7-12(13,14)15)9-6-4-5-8(9)16/h8-9H,4-7,16H2,1-3H3. The fourth-order valence-electron chi connectivity index (χ4n) is 2.19. The smallest absolute Gasteiger partial charge is 0.410 e. The van der Waals surface area contributed by atoms with Gasteiger partial charge in [-0.1, -0.05) is 0 Å². The molecule has 4 nitrogen and oxygen atoms in total. The van der Waals surface area contributed by atoms with Crippen LogP contribution >= 0.6 is 0 Å². The van der Waals surface area contributed by atoms with E-state index in [1.54, 1.807) is 20.8 Å². The van der Waals surface area contributed by atoms with Crippen molar-refractivity contribution in [1.29, 1.82) is 0 Å². The molecule has 1 aliphatic carbocycles. The highest BCUT2D eigenvalue weighted by Crippen LogP contribution is 2.28. The molecule has 0 aromatic carbocycles. The van der Waals surface area contributed by atoms with Crippen molar-refractivity contribution in [3.8, 4) is 0 Å². The Morgan fingerprint density at radius 2 is 1.89 bits per heavy atom. The molecule has 0 aromatic rings. The van der Waals surface area contributed by atoms with Crippen LogP contribution in [0.15, 0.2) is 0 Å². The van der Waals surface area contributed by atoms with Crippen molar-refractivity contribution >= 4 is 6.09 Å². The Balaban J connectivity index is 2.83. The molecule has 0 spiro atoms. The van der Waals surface area contributed by atoms with Crippen LogP contribution in [0.25, 0.3) is 0 Å². The predicted octanol–water partition coefficient (Wildman–Crippen LogP) is 2.67. The molecule has 1 amide bonds. The SMILES string of the molecule is CC(C)(C)OC(=O)N(CC(F)(F)F)C1CCCC1N. The number of halogens is 3. The summed E-state index contributed by atoms with van der Waals surface area (Å²) in [4.78, 5) is 12.6. The number of nitrogens with zero attached hydrogens (tertiary/aromatic N) is 1. The lowest BCUT2D eigenvalue weighted by molar-refractivity contribution is -0.149. The number of nitrogens with two attached hydrogens (primary N) is 1. The molecule has 1 saturated carbocycles. The molecule has 2 N–H and O–H groups in total. The van der Waals surface area contributed by atoms with Crippen molar-refractivity contribution in [1.82, 2.24) is 4.90 Å². The Bertz CT molecular complexity index is 326. The van der Waals surface area contributed by atoms with E-state index in [1.807, 2.05) is 0 Å². The summed E-state index contributed by atoms with van der Waals surface area (Å²) in [6.45, 7) is 3.53. The maximum Gasteiger partial charge on any atom is 0.410 e. The van der Waals surface area contributed by atoms with E-state index >= 15 is 0 Å². The average molecular weight is 282 g/mol. The first kappa shape index (κ1) is 16.1. The van der Waals surface area contributed by atoms with Gasteiger partial charge in [0.1, 0.15) is 12.1 Å². The topological polar surface area (TPSA) is 55.6 Å². The molecule has 1 rings (SSSR count). The number of alkyl halides is 3. The minimum Gasteiger partial charge on any atom is -0.444 e. The zero-order valence-corrected chi connectivity index (χ0v) is 11.5. The lowest BCUT2D eigenvalue weighted by Gasteiger charge is -2.34. The number of rotatable bonds is 2. The third kappa shape index (κ3) is 5.26. The Morgan fingerprint density at radius 1 is 1.32 bits per heavy atom. The third-order valence-electron chi connectivity index (χ3n) is 2.91. The molecule has 112 valence electrons. The van der Waals surface area contributed by atoms with Gasteiger partial charge in [0.2, 0.25) is 0 Å². The van der Waals surface area contributed by atoms with E-state index in [2.05, 4.69) is 0 Å². The highest BCUT2D eigenvalue weighted by molar-refractivity contribution is 5.68. The highest BCUT2D eigenvalue weighted by atomic mass is 19.4. The van der Waals surface area contributed by atoms with E-state index in [-0.39, 0.29) is 0 Å². The van der Waals surface area contributed by atoms with Crippen molar-refractivity contribution in [2.45, 2.75) is 63.9 Å². The first-order valence-corrected chi connectivity index (χ1v) is 6.31. The summed E-state index contributed by atoms with van der Waals surface area (Å²) in [6.07, 6.45) is -3.58. The van der Waals surface area contributed by atoms with Gasteiger partial charge in [-0.3, -0.25) is 4.90 Å². The van der Waals surface area contributed by atoms with E-state index in [4.69, 9.17) is 10.5 Å². The molecular weight excluding hydrogens is 261 g/mol. The second-order valence-corrected chi connectivity index (χ2v) is 5.89. The minimum absolute atomic E-state index is 0.421. The molecule has 7 heteroatoms. The van der Waals surface area contributed by atoms with Crippen LogP contribution in [0.2, 0.25) is 0 Å². The monoisotopic (exact) mass is 282 g/mol. The summed E-state index contributed by atoms with van der Waals surface area (Å²) >= 11 is 0. The normalized spacial score (nSPS) is 24.4. The lowest BCUT2D eigenvalue weighted by Crippen LogP contribution is -2.52. The molecular formula is C12H21F3N2O2. The second-order valence-electron chi connectivity index (χ2n) is 5.89. The molecule has 1 aliphatic rings. The summed E-state index contributed by atoms with van der Waals surface area (Å²) in [7, 11) is 0. The quantitative estimate of drug-likeness (QED) is 0.847. The molecule has 0 radical (unpaired) electrons. The lowest BCUT2D eigenvalue weighted by atomic mass is 10.1. The Kier molecular flexibility index (Phi) is 4.71. The van der Waals surface area contributed by atoms with Gasteiger partial charge in [-0.2, -0.15) is 13.2 Å². The first-order valence-electron chi connectivity index (χ1n) is 6.31. The summed E-state index contributed by atoms with van der Waals surface area (Å²) in [5, 5.41) is 0. The number of carbonyl (C=O) groups excluding carboxylic acids is 1. The Hall–Kier alpha value is -0.980. The molecule has 0 heterocycles. The van der Waals surface area contributed by atoms with Crippen molar-refractivity contribution in [3.05, 3.63) is 0 Å². The van der Waals surface area contributed by atoms with Crippen LogP contribution in [0, 0.1) is 0 Å². The van der Waals surface area contributed by atoms with Gasteiger partial charge >= 0.3 is 12.3 Å². The van der Waals surface area contributed by atoms with Crippen molar-refractivity contribution in [2.75, 3.05) is 6.54 Å². The van der Waals surface area contributed by atoms with Crippen molar-refractivity contribution in [3.63, 3.8) is 0 Å². The summed E-state index contributed by atoms with van der Waals surface area (Å²) in [6, 6.07) is -1.02. The van der Waals surface area contributed by atoms with Crippen LogP contribution in [0.5, 0.6) is 0 Å². The van der Waals surface area contributed by atoms with Crippen molar-refractivity contribution < 1.29 is 22.7 Å². The van der Waals surface area contributed by atoms with Gasteiger partial charge in [0.05, 0.1) is 6.04 Å². The van der Waals surface area contributed by atoms with E-state index in [1.165, 1.54) is 0 Å². The summed E-state index contributed by atoms with van der Waals surface area (Å²) in [5.74, 6) is 0. The van der Waals surface area contributed by atoms with Crippen LogP contribution in [-0.2, 0) is 4.74 Å². The molecule has 19 heavy (non-hydrogen) atoms. The molecule has 1 fully saturated rings. The van der Waals surface area contributed by atoms with E-state index in [9.17, 15) is 18.0 Å². The van der Waals surface area contributed by atoms with Gasteiger partial charge in [0.15, 0.2) is 0 Å². The maximum absolute atomic E-state index is 12.6. The van der Waals surface area contributed by atoms with E-state index < -0.39 is 36.5 Å². The number of hydrogen-bond donors (Lipinski definition) is 1. The van der Waals surface area contributed by atoms with Gasteiger partial charge in [0, 0.05) is 6.04 Å². The fourth-order valence-corrected chi connectivity index (χ4v) is 2.19. The molecule has 0 aromatic heterocycles. The van der Waals surface area contributed by atoms with Crippen LogP contribution in [-0.4, -0.2) is 41.4 Å². The number of ether oxygens (including phenoxy) is 1. The second kappa shape index (κ2) is 5.56. The Labute approximate surface area is 111 Å². The van der Waals surface area contributed by atoms with Crippen LogP contribution in [0.3, 0.4) is 0 Å². The van der Waals surface area contributed by atoms with E-state index in [0.717, 1.165) is 11.3 Å². The number of amides is 1.